The SMILES string of the molecule is CC1(C)C2=C(c3c(-c4ccccc4N(c4cccc(-c5cccc6ccccc56)c4)c4ccc5c(c4)sc4ccccc45)cccc31)C1CC(C(C)(C)C)C21. The fourth-order valence-corrected chi connectivity index (χ4v) is 11.9. The number of rotatable bonds is 5. The van der Waals surface area contributed by atoms with Crippen LogP contribution in [0.15, 0.2) is 157 Å². The molecule has 11 rings (SSSR count). The van der Waals surface area contributed by atoms with Gasteiger partial charge < -0.3 is 4.90 Å². The van der Waals surface area contributed by atoms with Gasteiger partial charge in [0.2, 0.25) is 0 Å². The average Bonchev–Trinajstić information content (AvgIpc) is 3.64. The van der Waals surface area contributed by atoms with Crippen LogP contribution in [-0.4, -0.2) is 0 Å². The van der Waals surface area contributed by atoms with Crippen LogP contribution in [0.4, 0.5) is 17.1 Å². The zero-order chi connectivity index (χ0) is 37.2. The van der Waals surface area contributed by atoms with E-state index < -0.39 is 0 Å². The Balaban J connectivity index is 1.12. The lowest BCUT2D eigenvalue weighted by molar-refractivity contribution is 0.0163. The normalized spacial score (nSPS) is 19.5. The minimum Gasteiger partial charge on any atom is -0.310 e. The fraction of sp³-hybridized carbons (Fsp3) is 0.208. The molecule has 0 amide bonds. The lowest BCUT2D eigenvalue weighted by atomic mass is 9.43. The number of hydrogen-bond acceptors (Lipinski definition) is 2. The van der Waals surface area contributed by atoms with Crippen molar-refractivity contribution in [2.45, 2.75) is 46.5 Å². The van der Waals surface area contributed by atoms with Gasteiger partial charge in [-0.2, -0.15) is 0 Å². The van der Waals surface area contributed by atoms with Crippen LogP contribution >= 0.6 is 11.3 Å². The summed E-state index contributed by atoms with van der Waals surface area (Å²) in [7, 11) is 0. The lowest BCUT2D eigenvalue weighted by Crippen LogP contribution is -2.53. The second-order valence-corrected chi connectivity index (χ2v) is 18.8. The van der Waals surface area contributed by atoms with Crippen LogP contribution in [0.25, 0.3) is 58.8 Å². The molecule has 0 N–H and O–H groups in total. The van der Waals surface area contributed by atoms with Gasteiger partial charge in [-0.1, -0.05) is 155 Å². The maximum Gasteiger partial charge on any atom is 0.0540 e. The van der Waals surface area contributed by atoms with Crippen LogP contribution < -0.4 is 4.90 Å². The predicted octanol–water partition coefficient (Wildman–Crippen LogP) is 15.4. The van der Waals surface area contributed by atoms with Crippen LogP contribution in [0.2, 0.25) is 0 Å². The van der Waals surface area contributed by atoms with Crippen molar-refractivity contribution in [2.24, 2.45) is 23.2 Å². The number of thiophene rings is 1. The van der Waals surface area contributed by atoms with Crippen LogP contribution in [0.1, 0.15) is 52.2 Å². The second kappa shape index (κ2) is 11.8. The molecule has 1 nitrogen and oxygen atoms in total. The summed E-state index contributed by atoms with van der Waals surface area (Å²) >= 11 is 1.89. The first kappa shape index (κ1) is 32.9. The standard InChI is InChI=1S/C53H45NS/c1-52(2,3)44-31-42-49(44)51-50(42)48-41(23-14-24-43(48)53(51,4)5)38-20-8-10-25-45(38)54(35-27-28-40-39-21-9-11-26-46(39)55-47(40)30-35)34-18-12-17-33(29-34)37-22-13-16-32-15-6-7-19-36(32)37/h6-30,42,44,49H,31H2,1-5H3. The van der Waals surface area contributed by atoms with E-state index in [0.717, 1.165) is 11.6 Å². The molecule has 3 aliphatic carbocycles. The van der Waals surface area contributed by atoms with Gasteiger partial charge in [-0.3, -0.25) is 0 Å². The number of nitrogens with zero attached hydrogens (tertiary/aromatic N) is 1. The van der Waals surface area contributed by atoms with Crippen molar-refractivity contribution in [3.63, 3.8) is 0 Å². The maximum atomic E-state index is 2.52. The van der Waals surface area contributed by atoms with Gasteiger partial charge >= 0.3 is 0 Å². The monoisotopic (exact) mass is 727 g/mol. The van der Waals surface area contributed by atoms with E-state index in [4.69, 9.17) is 0 Å². The van der Waals surface area contributed by atoms with E-state index in [2.05, 4.69) is 191 Å². The third-order valence-corrected chi connectivity index (χ3v) is 14.6. The molecule has 1 fully saturated rings. The minimum atomic E-state index is 0.0411. The molecular formula is C53H45NS. The van der Waals surface area contributed by atoms with Gasteiger partial charge in [-0.25, -0.2) is 0 Å². The van der Waals surface area contributed by atoms with Gasteiger partial charge in [0.15, 0.2) is 0 Å². The van der Waals surface area contributed by atoms with E-state index >= 15 is 0 Å². The van der Waals surface area contributed by atoms with Crippen LogP contribution in [0.3, 0.4) is 0 Å². The second-order valence-electron chi connectivity index (χ2n) is 17.7. The van der Waals surface area contributed by atoms with Crippen LogP contribution in [0.5, 0.6) is 0 Å². The zero-order valence-electron chi connectivity index (χ0n) is 32.2. The molecule has 268 valence electrons. The van der Waals surface area contributed by atoms with Crippen molar-refractivity contribution < 1.29 is 0 Å². The summed E-state index contributed by atoms with van der Waals surface area (Å²) < 4.78 is 2.64. The summed E-state index contributed by atoms with van der Waals surface area (Å²) in [6.07, 6.45) is 1.31. The molecule has 1 aromatic heterocycles. The van der Waals surface area contributed by atoms with E-state index in [-0.39, 0.29) is 5.41 Å². The molecular weight excluding hydrogens is 683 g/mol. The number of para-hydroxylation sites is 1. The minimum absolute atomic E-state index is 0.0411. The summed E-state index contributed by atoms with van der Waals surface area (Å²) in [6, 6.07) is 56.8. The molecule has 0 radical (unpaired) electrons. The summed E-state index contributed by atoms with van der Waals surface area (Å²) in [5.74, 6) is 2.15. The molecule has 1 heterocycles. The molecule has 8 aromatic rings. The molecule has 0 spiro atoms. The highest BCUT2D eigenvalue weighted by atomic mass is 32.1. The molecule has 0 aliphatic heterocycles. The smallest absolute Gasteiger partial charge is 0.0540 e. The number of fused-ring (bicyclic) bond motifs is 9. The third-order valence-electron chi connectivity index (χ3n) is 13.4. The summed E-state index contributed by atoms with van der Waals surface area (Å²) in [6.45, 7) is 12.3. The summed E-state index contributed by atoms with van der Waals surface area (Å²) in [5.41, 5.74) is 15.4. The summed E-state index contributed by atoms with van der Waals surface area (Å²) in [4.78, 5) is 2.52. The van der Waals surface area contributed by atoms with Crippen molar-refractivity contribution in [3.8, 4) is 22.3 Å². The van der Waals surface area contributed by atoms with E-state index in [1.54, 1.807) is 11.1 Å². The Labute approximate surface area is 328 Å². The first-order chi connectivity index (χ1) is 26.7. The van der Waals surface area contributed by atoms with Gasteiger partial charge in [-0.15, -0.1) is 11.3 Å². The summed E-state index contributed by atoms with van der Waals surface area (Å²) in [5, 5.41) is 5.18. The van der Waals surface area contributed by atoms with Crippen molar-refractivity contribution in [2.75, 3.05) is 4.90 Å². The molecule has 3 aliphatic rings. The number of allylic oxidation sites excluding steroid dienone is 2. The van der Waals surface area contributed by atoms with E-state index in [9.17, 15) is 0 Å². The highest BCUT2D eigenvalue weighted by molar-refractivity contribution is 7.25. The van der Waals surface area contributed by atoms with Crippen LogP contribution in [-0.2, 0) is 5.41 Å². The zero-order valence-corrected chi connectivity index (χ0v) is 33.0. The maximum absolute atomic E-state index is 2.52. The van der Waals surface area contributed by atoms with E-state index in [1.807, 2.05) is 11.3 Å². The highest BCUT2D eigenvalue weighted by Crippen LogP contribution is 2.73. The third kappa shape index (κ3) is 4.77. The number of hydrogen-bond donors (Lipinski definition) is 0. The number of benzene rings is 7. The molecule has 0 saturated heterocycles. The predicted molar refractivity (Wildman–Crippen MR) is 237 cm³/mol. The van der Waals surface area contributed by atoms with Gasteiger partial charge in [0.05, 0.1) is 5.69 Å². The Hall–Kier alpha value is -5.44. The molecule has 1 saturated carbocycles. The lowest BCUT2D eigenvalue weighted by Gasteiger charge is -2.61. The molecule has 0 bridgehead atoms. The quantitative estimate of drug-likeness (QED) is 0.171. The Kier molecular flexibility index (Phi) is 7.06. The van der Waals surface area contributed by atoms with Gasteiger partial charge in [0.1, 0.15) is 0 Å². The first-order valence-corrected chi connectivity index (χ1v) is 20.8. The van der Waals surface area contributed by atoms with Gasteiger partial charge in [0, 0.05) is 42.5 Å². The van der Waals surface area contributed by atoms with Crippen molar-refractivity contribution in [1.29, 1.82) is 0 Å². The Bertz CT molecular complexity index is 2890. The fourth-order valence-electron chi connectivity index (χ4n) is 10.8. The number of anilines is 3. The van der Waals surface area contributed by atoms with Gasteiger partial charge in [-0.05, 0) is 110 Å². The Morgan fingerprint density at radius 2 is 1.27 bits per heavy atom. The Morgan fingerprint density at radius 3 is 2.15 bits per heavy atom. The highest BCUT2D eigenvalue weighted by Gasteiger charge is 2.63. The largest absolute Gasteiger partial charge is 0.310 e. The van der Waals surface area contributed by atoms with Gasteiger partial charge in [0.25, 0.3) is 0 Å². The molecule has 3 atom stereocenters. The van der Waals surface area contributed by atoms with Crippen molar-refractivity contribution in [3.05, 3.63) is 168 Å². The average molecular weight is 728 g/mol. The molecule has 3 unspecified atom stereocenters. The van der Waals surface area contributed by atoms with Crippen molar-refractivity contribution >= 4 is 64.9 Å². The first-order valence-electron chi connectivity index (χ1n) is 20.0. The topological polar surface area (TPSA) is 3.24 Å². The van der Waals surface area contributed by atoms with Crippen molar-refractivity contribution in [1.82, 2.24) is 0 Å². The van der Waals surface area contributed by atoms with Crippen LogP contribution in [0, 0.1) is 23.2 Å². The molecule has 55 heavy (non-hydrogen) atoms. The van der Waals surface area contributed by atoms with E-state index in [0.29, 0.717) is 17.3 Å². The Morgan fingerprint density at radius 1 is 0.600 bits per heavy atom. The van der Waals surface area contributed by atoms with E-state index in [1.165, 1.54) is 82.1 Å². The molecule has 7 aromatic carbocycles. The molecule has 2 heteroatoms.